The molecule has 1 saturated heterocycles. The van der Waals surface area contributed by atoms with E-state index in [2.05, 4.69) is 15.2 Å². The van der Waals surface area contributed by atoms with Crippen LogP contribution in [0, 0.1) is 5.82 Å². The lowest BCUT2D eigenvalue weighted by molar-refractivity contribution is -0.119. The van der Waals surface area contributed by atoms with Crippen LogP contribution in [-0.4, -0.2) is 42.0 Å². The van der Waals surface area contributed by atoms with Crippen LogP contribution in [0.15, 0.2) is 36.7 Å². The van der Waals surface area contributed by atoms with Crippen LogP contribution in [0.2, 0.25) is 0 Å². The van der Waals surface area contributed by atoms with Gasteiger partial charge >= 0.3 is 0 Å². The van der Waals surface area contributed by atoms with Crippen molar-refractivity contribution in [3.05, 3.63) is 48.0 Å². The molecular weight excluding hydrogens is 333 g/mol. The second-order valence-corrected chi connectivity index (χ2v) is 6.68. The summed E-state index contributed by atoms with van der Waals surface area (Å²) in [5, 5.41) is 2.99. The van der Waals surface area contributed by atoms with Gasteiger partial charge in [0.2, 0.25) is 5.91 Å². The smallest absolute Gasteiger partial charge is 0.217 e. The number of aromatic nitrogens is 1. The van der Waals surface area contributed by atoms with E-state index >= 15 is 0 Å². The Balaban J connectivity index is 1.69. The summed E-state index contributed by atoms with van der Waals surface area (Å²) in [4.78, 5) is 17.8. The molecule has 1 fully saturated rings. The fourth-order valence-corrected chi connectivity index (χ4v) is 3.41. The van der Waals surface area contributed by atoms with E-state index in [-0.39, 0.29) is 17.8 Å². The van der Waals surface area contributed by atoms with Crippen LogP contribution < -0.4 is 10.1 Å². The van der Waals surface area contributed by atoms with Gasteiger partial charge in [0.25, 0.3) is 0 Å². The summed E-state index contributed by atoms with van der Waals surface area (Å²) in [5.74, 6) is 0.358. The maximum Gasteiger partial charge on any atom is 0.217 e. The molecule has 138 valence electrons. The van der Waals surface area contributed by atoms with Crippen molar-refractivity contribution in [3.8, 4) is 16.9 Å². The highest BCUT2D eigenvalue weighted by Crippen LogP contribution is 2.30. The molecule has 26 heavy (non-hydrogen) atoms. The summed E-state index contributed by atoms with van der Waals surface area (Å²) < 4.78 is 19.0. The van der Waals surface area contributed by atoms with Crippen LogP contribution in [0.4, 0.5) is 4.39 Å². The first-order chi connectivity index (χ1) is 12.5. The van der Waals surface area contributed by atoms with Gasteiger partial charge in [-0.1, -0.05) is 0 Å². The van der Waals surface area contributed by atoms with E-state index in [1.54, 1.807) is 26.3 Å². The number of methoxy groups -OCH3 is 1. The Bertz CT molecular complexity index is 773. The van der Waals surface area contributed by atoms with Gasteiger partial charge in [-0.25, -0.2) is 4.39 Å². The Hall–Kier alpha value is -2.47. The van der Waals surface area contributed by atoms with Crippen molar-refractivity contribution >= 4 is 5.91 Å². The number of nitrogens with zero attached hydrogens (tertiary/aromatic N) is 2. The average molecular weight is 357 g/mol. The molecule has 6 heteroatoms. The summed E-state index contributed by atoms with van der Waals surface area (Å²) in [7, 11) is 1.58. The number of carbonyl (C=O) groups is 1. The van der Waals surface area contributed by atoms with E-state index in [1.165, 1.54) is 12.1 Å². The molecule has 1 aliphatic rings. The predicted molar refractivity (Wildman–Crippen MR) is 98.3 cm³/mol. The summed E-state index contributed by atoms with van der Waals surface area (Å²) in [6, 6.07) is 6.79. The molecule has 0 bridgehead atoms. The monoisotopic (exact) mass is 357 g/mol. The molecule has 0 saturated carbocycles. The first-order valence-corrected chi connectivity index (χ1v) is 8.82. The van der Waals surface area contributed by atoms with Crippen molar-refractivity contribution in [2.45, 2.75) is 32.4 Å². The molecule has 2 heterocycles. The molecule has 1 amide bonds. The normalized spacial score (nSPS) is 15.7. The number of hydrogen-bond donors (Lipinski definition) is 1. The Labute approximate surface area is 153 Å². The van der Waals surface area contributed by atoms with Gasteiger partial charge in [-0.2, -0.15) is 0 Å². The molecular formula is C20H24FN3O2. The van der Waals surface area contributed by atoms with E-state index in [0.717, 1.165) is 43.6 Å². The minimum Gasteiger partial charge on any atom is -0.496 e. The van der Waals surface area contributed by atoms with Gasteiger partial charge in [-0.15, -0.1) is 0 Å². The zero-order valence-corrected chi connectivity index (χ0v) is 15.2. The summed E-state index contributed by atoms with van der Waals surface area (Å²) in [6.45, 7) is 4.20. The molecule has 0 aliphatic carbocycles. The van der Waals surface area contributed by atoms with E-state index < -0.39 is 0 Å². The van der Waals surface area contributed by atoms with Gasteiger partial charge in [-0.05, 0) is 42.7 Å². The van der Waals surface area contributed by atoms with Crippen molar-refractivity contribution in [2.24, 2.45) is 0 Å². The fourth-order valence-electron chi connectivity index (χ4n) is 3.41. The maximum absolute atomic E-state index is 13.7. The van der Waals surface area contributed by atoms with E-state index in [1.807, 2.05) is 12.3 Å². The number of hydrogen-bond acceptors (Lipinski definition) is 4. The number of rotatable bonds is 5. The van der Waals surface area contributed by atoms with E-state index in [0.29, 0.717) is 11.3 Å². The maximum atomic E-state index is 13.7. The van der Waals surface area contributed by atoms with Crippen molar-refractivity contribution in [3.63, 3.8) is 0 Å². The highest BCUT2D eigenvalue weighted by atomic mass is 19.1. The zero-order chi connectivity index (χ0) is 18.5. The first kappa shape index (κ1) is 18.3. The average Bonchev–Trinajstić information content (AvgIpc) is 2.63. The van der Waals surface area contributed by atoms with Gasteiger partial charge in [0.15, 0.2) is 0 Å². The van der Waals surface area contributed by atoms with Gasteiger partial charge in [-0.3, -0.25) is 14.7 Å². The number of amides is 1. The van der Waals surface area contributed by atoms with Crippen LogP contribution in [0.5, 0.6) is 5.75 Å². The number of carbonyl (C=O) groups excluding carboxylic acids is 1. The number of halogens is 1. The van der Waals surface area contributed by atoms with Crippen LogP contribution in [0.1, 0.15) is 25.3 Å². The largest absolute Gasteiger partial charge is 0.496 e. The Morgan fingerprint density at radius 3 is 2.77 bits per heavy atom. The second kappa shape index (κ2) is 8.27. The lowest BCUT2D eigenvalue weighted by Crippen LogP contribution is -2.43. The van der Waals surface area contributed by atoms with Crippen LogP contribution in [0.3, 0.4) is 0 Å². The molecule has 0 radical (unpaired) electrons. The van der Waals surface area contributed by atoms with Crippen molar-refractivity contribution in [2.75, 3.05) is 20.2 Å². The SMILES string of the molecule is COc1ccc(F)cc1-c1cncc(CN2CCC(NC(C)=O)CC2)c1. The Morgan fingerprint density at radius 1 is 1.31 bits per heavy atom. The molecule has 1 aromatic heterocycles. The highest BCUT2D eigenvalue weighted by molar-refractivity contribution is 5.73. The number of nitrogens with one attached hydrogen (secondary N) is 1. The first-order valence-electron chi connectivity index (χ1n) is 8.82. The number of benzene rings is 1. The van der Waals surface area contributed by atoms with Gasteiger partial charge in [0, 0.05) is 56.1 Å². The number of piperidine rings is 1. The highest BCUT2D eigenvalue weighted by Gasteiger charge is 2.20. The molecule has 0 atom stereocenters. The van der Waals surface area contributed by atoms with Crippen LogP contribution >= 0.6 is 0 Å². The number of ether oxygens (including phenoxy) is 1. The third-order valence-corrected chi connectivity index (χ3v) is 4.67. The summed E-state index contributed by atoms with van der Waals surface area (Å²) in [5.41, 5.74) is 2.62. The standard InChI is InChI=1S/C20H24FN3O2/c1-14(25)23-18-5-7-24(8-6-18)13-15-9-16(12-22-11-15)19-10-17(21)3-4-20(19)26-2/h3-4,9-12,18H,5-8,13H2,1-2H3,(H,23,25). The molecule has 5 nitrogen and oxygen atoms in total. The zero-order valence-electron chi connectivity index (χ0n) is 15.2. The molecule has 3 rings (SSSR count). The molecule has 0 spiro atoms. The third-order valence-electron chi connectivity index (χ3n) is 4.67. The Kier molecular flexibility index (Phi) is 5.83. The van der Waals surface area contributed by atoms with Crippen molar-refractivity contribution in [1.82, 2.24) is 15.2 Å². The third kappa shape index (κ3) is 4.58. The molecule has 2 aromatic rings. The molecule has 1 N–H and O–H groups in total. The summed E-state index contributed by atoms with van der Waals surface area (Å²) >= 11 is 0. The topological polar surface area (TPSA) is 54.5 Å². The number of pyridine rings is 1. The number of likely N-dealkylation sites (tertiary alicyclic amines) is 1. The van der Waals surface area contributed by atoms with Crippen molar-refractivity contribution in [1.29, 1.82) is 0 Å². The fraction of sp³-hybridized carbons (Fsp3) is 0.400. The Morgan fingerprint density at radius 2 is 2.08 bits per heavy atom. The van der Waals surface area contributed by atoms with E-state index in [9.17, 15) is 9.18 Å². The second-order valence-electron chi connectivity index (χ2n) is 6.68. The quantitative estimate of drug-likeness (QED) is 0.894. The summed E-state index contributed by atoms with van der Waals surface area (Å²) in [6.07, 6.45) is 5.47. The molecule has 1 aromatic carbocycles. The van der Waals surface area contributed by atoms with Crippen molar-refractivity contribution < 1.29 is 13.9 Å². The minimum atomic E-state index is -0.300. The molecule has 1 aliphatic heterocycles. The van der Waals surface area contributed by atoms with Crippen LogP contribution in [0.25, 0.3) is 11.1 Å². The van der Waals surface area contributed by atoms with Gasteiger partial charge < -0.3 is 10.1 Å². The van der Waals surface area contributed by atoms with Gasteiger partial charge in [0.1, 0.15) is 11.6 Å². The van der Waals surface area contributed by atoms with Gasteiger partial charge in [0.05, 0.1) is 7.11 Å². The minimum absolute atomic E-state index is 0.0318. The molecule has 0 unspecified atom stereocenters. The van der Waals surface area contributed by atoms with Crippen LogP contribution in [-0.2, 0) is 11.3 Å². The predicted octanol–water partition coefficient (Wildman–Crippen LogP) is 3.00. The lowest BCUT2D eigenvalue weighted by Gasteiger charge is -2.32. The lowest BCUT2D eigenvalue weighted by atomic mass is 10.0. The van der Waals surface area contributed by atoms with E-state index in [4.69, 9.17) is 4.74 Å².